The van der Waals surface area contributed by atoms with Gasteiger partial charge in [0.05, 0.1) is 35.7 Å². The summed E-state index contributed by atoms with van der Waals surface area (Å²) in [6.07, 6.45) is -7.17. The molecule has 1 atom stereocenters. The first-order valence-corrected chi connectivity index (χ1v) is 9.68. The number of fused-ring (bicyclic) bond motifs is 1. The van der Waals surface area contributed by atoms with Crippen LogP contribution in [0.4, 0.5) is 32.3 Å². The molecule has 3 rings (SSSR count). The van der Waals surface area contributed by atoms with Crippen molar-refractivity contribution in [3.8, 4) is 0 Å². The second-order valence-electron chi connectivity index (χ2n) is 7.06. The van der Waals surface area contributed by atoms with Crippen molar-refractivity contribution in [3.63, 3.8) is 0 Å². The van der Waals surface area contributed by atoms with E-state index in [4.69, 9.17) is 0 Å². The number of hydrogen-bond donors (Lipinski definition) is 3. The number of benzene rings is 1. The fourth-order valence-electron chi connectivity index (χ4n) is 3.27. The number of alkyl halides is 6. The summed E-state index contributed by atoms with van der Waals surface area (Å²) in [5.74, 6) is -0.387. The predicted octanol–water partition coefficient (Wildman–Crippen LogP) is 4.60. The number of amides is 1. The molecule has 6 nitrogen and oxygen atoms in total. The number of imidazole rings is 1. The Balaban J connectivity index is 1.74. The Morgan fingerprint density at radius 1 is 1.19 bits per heavy atom. The van der Waals surface area contributed by atoms with Crippen molar-refractivity contribution in [1.29, 1.82) is 0 Å². The minimum atomic E-state index is -4.82. The second kappa shape index (κ2) is 9.63. The fourth-order valence-corrected chi connectivity index (χ4v) is 3.27. The third kappa shape index (κ3) is 6.74. The van der Waals surface area contributed by atoms with E-state index in [-0.39, 0.29) is 25.2 Å². The van der Waals surface area contributed by atoms with Crippen molar-refractivity contribution in [1.82, 2.24) is 15.3 Å². The van der Waals surface area contributed by atoms with Crippen LogP contribution in [0.5, 0.6) is 0 Å². The lowest BCUT2D eigenvalue weighted by atomic mass is 9.91. The van der Waals surface area contributed by atoms with Gasteiger partial charge in [-0.25, -0.2) is 4.98 Å². The van der Waals surface area contributed by atoms with Crippen LogP contribution >= 0.6 is 0 Å². The molecule has 0 saturated heterocycles. The molecule has 0 saturated carbocycles. The smallest absolute Gasteiger partial charge is 0.354 e. The number of carbonyl (C=O) groups excluding carboxylic acids is 1. The molecule has 3 N–H and O–H groups in total. The van der Waals surface area contributed by atoms with E-state index in [0.29, 0.717) is 16.6 Å². The van der Waals surface area contributed by atoms with Crippen LogP contribution < -0.4 is 10.6 Å². The molecule has 1 heterocycles. The van der Waals surface area contributed by atoms with E-state index in [1.807, 2.05) is 0 Å². The molecule has 0 radical (unpaired) electrons. The Kier molecular flexibility index (Phi) is 7.12. The number of nitrogens with one attached hydrogen (secondary N) is 3. The van der Waals surface area contributed by atoms with E-state index in [1.54, 1.807) is 24.3 Å². The number of para-hydroxylation sites is 2. The standard InChI is InChI=1S/C20H20F6N4O2/c21-19(22,23)13-5-3-4-12(10-13)16(11-17(31)27-8-9-32-20(24,25)26)30-18-28-14-6-1-2-7-15(14)29-18/h1-2,5-7,10,16H,3-4,8-9,11H2,(H,27,31)(H2,28,29,30). The molecule has 12 heteroatoms. The van der Waals surface area contributed by atoms with Crippen molar-refractivity contribution < 1.29 is 35.9 Å². The van der Waals surface area contributed by atoms with E-state index in [0.717, 1.165) is 12.2 Å². The van der Waals surface area contributed by atoms with E-state index < -0.39 is 43.2 Å². The minimum Gasteiger partial charge on any atom is -0.354 e. The maximum Gasteiger partial charge on any atom is 0.522 e. The first-order chi connectivity index (χ1) is 15.0. The quantitative estimate of drug-likeness (QED) is 0.396. The van der Waals surface area contributed by atoms with Gasteiger partial charge in [-0.2, -0.15) is 13.2 Å². The Labute approximate surface area is 178 Å². The first-order valence-electron chi connectivity index (χ1n) is 9.68. The van der Waals surface area contributed by atoms with Gasteiger partial charge in [0.15, 0.2) is 0 Å². The van der Waals surface area contributed by atoms with Crippen LogP contribution in [0, 0.1) is 0 Å². The number of rotatable bonds is 8. The molecule has 0 spiro atoms. The number of carbonyl (C=O) groups is 1. The van der Waals surface area contributed by atoms with Crippen LogP contribution in [-0.4, -0.2) is 47.6 Å². The molecular weight excluding hydrogens is 442 g/mol. The number of H-pyrrole nitrogens is 1. The summed E-state index contributed by atoms with van der Waals surface area (Å²) in [7, 11) is 0. The lowest BCUT2D eigenvalue weighted by Gasteiger charge is -2.24. The van der Waals surface area contributed by atoms with Crippen LogP contribution in [0.3, 0.4) is 0 Å². The topological polar surface area (TPSA) is 79.0 Å². The van der Waals surface area contributed by atoms with E-state index in [2.05, 4.69) is 25.3 Å². The average Bonchev–Trinajstić information content (AvgIpc) is 3.12. The maximum absolute atomic E-state index is 13.2. The molecule has 32 heavy (non-hydrogen) atoms. The molecule has 1 amide bonds. The molecule has 2 aromatic rings. The van der Waals surface area contributed by atoms with Crippen LogP contribution in [0.1, 0.15) is 19.3 Å². The molecule has 0 bridgehead atoms. The normalized spacial score (nSPS) is 15.8. The van der Waals surface area contributed by atoms with Crippen molar-refractivity contribution in [3.05, 3.63) is 47.6 Å². The predicted molar refractivity (Wildman–Crippen MR) is 105 cm³/mol. The summed E-state index contributed by atoms with van der Waals surface area (Å²) in [6, 6.07) is 6.20. The third-order valence-corrected chi connectivity index (χ3v) is 4.69. The van der Waals surface area contributed by atoms with Gasteiger partial charge >= 0.3 is 12.5 Å². The molecule has 1 unspecified atom stereocenters. The van der Waals surface area contributed by atoms with Crippen LogP contribution in [-0.2, 0) is 9.53 Å². The SMILES string of the molecule is O=C(CC(Nc1nc2ccccc2[nH]1)C1=CC(C(F)(F)F)=CCC1)NCCOC(F)(F)F. The summed E-state index contributed by atoms with van der Waals surface area (Å²) in [5.41, 5.74) is 0.836. The Bertz CT molecular complexity index is 976. The number of allylic oxidation sites excluding steroid dienone is 3. The highest BCUT2D eigenvalue weighted by Gasteiger charge is 2.34. The van der Waals surface area contributed by atoms with E-state index >= 15 is 0 Å². The number of hydrogen-bond acceptors (Lipinski definition) is 4. The van der Waals surface area contributed by atoms with E-state index in [1.165, 1.54) is 0 Å². The molecular formula is C20H20F6N4O2. The van der Waals surface area contributed by atoms with Crippen molar-refractivity contribution in [2.75, 3.05) is 18.5 Å². The highest BCUT2D eigenvalue weighted by Crippen LogP contribution is 2.33. The highest BCUT2D eigenvalue weighted by atomic mass is 19.4. The zero-order valence-corrected chi connectivity index (χ0v) is 16.6. The molecule has 174 valence electrons. The number of aromatic nitrogens is 2. The largest absolute Gasteiger partial charge is 0.522 e. The molecule has 1 aromatic carbocycles. The average molecular weight is 462 g/mol. The highest BCUT2D eigenvalue weighted by molar-refractivity contribution is 5.79. The van der Waals surface area contributed by atoms with Crippen LogP contribution in [0.2, 0.25) is 0 Å². The summed E-state index contributed by atoms with van der Waals surface area (Å²) in [4.78, 5) is 19.6. The number of nitrogens with zero attached hydrogens (tertiary/aromatic N) is 1. The molecule has 0 aliphatic heterocycles. The summed E-state index contributed by atoms with van der Waals surface area (Å²) in [5, 5.41) is 5.23. The zero-order chi connectivity index (χ0) is 23.4. The fraction of sp³-hybridized carbons (Fsp3) is 0.400. The Hall–Kier alpha value is -3.02. The van der Waals surface area contributed by atoms with Crippen LogP contribution in [0.25, 0.3) is 11.0 Å². The summed E-state index contributed by atoms with van der Waals surface area (Å²) in [6.45, 7) is -1.18. The van der Waals surface area contributed by atoms with Gasteiger partial charge in [0, 0.05) is 6.54 Å². The number of aromatic amines is 1. The maximum atomic E-state index is 13.2. The monoisotopic (exact) mass is 462 g/mol. The van der Waals surface area contributed by atoms with Gasteiger partial charge in [-0.3, -0.25) is 9.53 Å². The number of ether oxygens (including phenoxy) is 1. The number of anilines is 1. The van der Waals surface area contributed by atoms with E-state index in [9.17, 15) is 31.1 Å². The number of halogens is 6. The van der Waals surface area contributed by atoms with Gasteiger partial charge < -0.3 is 15.6 Å². The van der Waals surface area contributed by atoms with Gasteiger partial charge in [-0.15, -0.1) is 13.2 Å². The summed E-state index contributed by atoms with van der Waals surface area (Å²) >= 11 is 0. The Morgan fingerprint density at radius 3 is 2.62 bits per heavy atom. The van der Waals surface area contributed by atoms with Gasteiger partial charge in [-0.1, -0.05) is 18.2 Å². The first kappa shape index (κ1) is 23.6. The Morgan fingerprint density at radius 2 is 1.94 bits per heavy atom. The van der Waals surface area contributed by atoms with Crippen molar-refractivity contribution in [2.24, 2.45) is 0 Å². The van der Waals surface area contributed by atoms with Crippen LogP contribution in [0.15, 0.2) is 47.6 Å². The zero-order valence-electron chi connectivity index (χ0n) is 16.6. The molecule has 1 aliphatic rings. The summed E-state index contributed by atoms with van der Waals surface area (Å²) < 4.78 is 79.2. The van der Waals surface area contributed by atoms with Gasteiger partial charge in [0.25, 0.3) is 0 Å². The molecule has 1 aromatic heterocycles. The van der Waals surface area contributed by atoms with Crippen molar-refractivity contribution in [2.45, 2.75) is 37.8 Å². The lowest BCUT2D eigenvalue weighted by Crippen LogP contribution is -2.35. The van der Waals surface area contributed by atoms with Gasteiger partial charge in [0.1, 0.15) is 0 Å². The second-order valence-corrected chi connectivity index (χ2v) is 7.06. The van der Waals surface area contributed by atoms with Crippen molar-refractivity contribution >= 4 is 22.9 Å². The minimum absolute atomic E-state index is 0.139. The lowest BCUT2D eigenvalue weighted by molar-refractivity contribution is -0.323. The molecule has 1 aliphatic carbocycles. The van der Waals surface area contributed by atoms with Gasteiger partial charge in [0.2, 0.25) is 11.9 Å². The molecule has 0 fully saturated rings. The third-order valence-electron chi connectivity index (χ3n) is 4.69. The van der Waals surface area contributed by atoms with Gasteiger partial charge in [-0.05, 0) is 36.6 Å².